The number of allylic oxidation sites excluding steroid dienone is 3. The van der Waals surface area contributed by atoms with Crippen LogP contribution in [0.25, 0.3) is 5.57 Å². The lowest BCUT2D eigenvalue weighted by atomic mass is 10.1. The zero-order chi connectivity index (χ0) is 14.6. The molecule has 20 heavy (non-hydrogen) atoms. The lowest BCUT2D eigenvalue weighted by Crippen LogP contribution is -2.23. The first-order valence-electron chi connectivity index (χ1n) is 7.30. The molecule has 1 unspecified atom stereocenters. The molecule has 1 aromatic rings. The van der Waals surface area contributed by atoms with Gasteiger partial charge in [-0.15, -0.1) is 10.2 Å². The highest BCUT2D eigenvalue weighted by atomic mass is 32.3. The van der Waals surface area contributed by atoms with Crippen molar-refractivity contribution >= 4 is 15.8 Å². The Morgan fingerprint density at radius 3 is 2.30 bits per heavy atom. The van der Waals surface area contributed by atoms with Crippen LogP contribution >= 0.6 is 10.2 Å². The van der Waals surface area contributed by atoms with Crippen molar-refractivity contribution in [2.24, 2.45) is 0 Å². The van der Waals surface area contributed by atoms with Crippen LogP contribution in [-0.4, -0.2) is 17.4 Å². The van der Waals surface area contributed by atoms with Crippen LogP contribution in [-0.2, 0) is 0 Å². The summed E-state index contributed by atoms with van der Waals surface area (Å²) in [5.74, 6) is 0. The van der Waals surface area contributed by atoms with Crippen LogP contribution in [0, 0.1) is 0 Å². The van der Waals surface area contributed by atoms with Gasteiger partial charge in [0, 0.05) is 13.1 Å². The van der Waals surface area contributed by atoms with E-state index in [2.05, 4.69) is 84.6 Å². The van der Waals surface area contributed by atoms with E-state index in [1.807, 2.05) is 0 Å². The topological polar surface area (TPSA) is 3.24 Å². The molecule has 0 bridgehead atoms. The molecule has 0 amide bonds. The smallest absolute Gasteiger partial charge is 0.00546 e. The predicted molar refractivity (Wildman–Crippen MR) is 93.5 cm³/mol. The van der Waals surface area contributed by atoms with E-state index in [0.717, 1.165) is 13.1 Å². The fourth-order valence-electron chi connectivity index (χ4n) is 2.62. The molecule has 1 atom stereocenters. The van der Waals surface area contributed by atoms with Crippen LogP contribution < -0.4 is 0 Å². The van der Waals surface area contributed by atoms with Crippen LogP contribution in [0.3, 0.4) is 0 Å². The molecule has 0 saturated heterocycles. The highest BCUT2D eigenvalue weighted by molar-refractivity contribution is 8.39. The maximum absolute atomic E-state index is 2.58. The van der Waals surface area contributed by atoms with Crippen molar-refractivity contribution in [1.82, 2.24) is 4.31 Å². The van der Waals surface area contributed by atoms with Crippen molar-refractivity contribution in [3.05, 3.63) is 63.8 Å². The lowest BCUT2D eigenvalue weighted by Gasteiger charge is -2.40. The molecule has 0 N–H and O–H groups in total. The van der Waals surface area contributed by atoms with Crippen LogP contribution in [0.5, 0.6) is 0 Å². The average molecular weight is 287 g/mol. The molecular formula is C18H25NS. The maximum atomic E-state index is 2.58. The van der Waals surface area contributed by atoms with Gasteiger partial charge in [-0.1, -0.05) is 49.8 Å². The fourth-order valence-corrected chi connectivity index (χ4v) is 5.95. The second kappa shape index (κ2) is 6.47. The van der Waals surface area contributed by atoms with E-state index in [1.165, 1.54) is 16.7 Å². The summed E-state index contributed by atoms with van der Waals surface area (Å²) in [4.78, 5) is 0. The van der Waals surface area contributed by atoms with Gasteiger partial charge in [0.2, 0.25) is 0 Å². The quantitative estimate of drug-likeness (QED) is 0.687. The Morgan fingerprint density at radius 1 is 1.10 bits per heavy atom. The second-order valence-electron chi connectivity index (χ2n) is 5.28. The minimum Gasteiger partial charge on any atom is -0.258 e. The number of rotatable bonds is 5. The van der Waals surface area contributed by atoms with Crippen LogP contribution in [0.1, 0.15) is 33.3 Å². The van der Waals surface area contributed by atoms with E-state index in [1.54, 1.807) is 0 Å². The lowest BCUT2D eigenvalue weighted by molar-refractivity contribution is 0.519. The molecule has 0 fully saturated rings. The first-order chi connectivity index (χ1) is 9.61. The van der Waals surface area contributed by atoms with E-state index in [0.29, 0.717) is 0 Å². The normalized spacial score (nSPS) is 24.4. The highest BCUT2D eigenvalue weighted by Gasteiger charge is 2.26. The molecule has 2 heteroatoms. The Balaban J connectivity index is 2.44. The number of benzene rings is 1. The van der Waals surface area contributed by atoms with Crippen molar-refractivity contribution in [3.63, 3.8) is 0 Å². The minimum atomic E-state index is -1.07. The maximum Gasteiger partial charge on any atom is 0.00546 e. The van der Waals surface area contributed by atoms with E-state index in [4.69, 9.17) is 0 Å². The molecule has 0 spiro atoms. The zero-order valence-corrected chi connectivity index (χ0v) is 13.8. The Labute approximate surface area is 125 Å². The zero-order valence-electron chi connectivity index (χ0n) is 13.0. The van der Waals surface area contributed by atoms with Gasteiger partial charge >= 0.3 is 0 Å². The summed E-state index contributed by atoms with van der Waals surface area (Å²) < 4.78 is 2.58. The average Bonchev–Trinajstić information content (AvgIpc) is 2.85. The van der Waals surface area contributed by atoms with Crippen molar-refractivity contribution in [2.45, 2.75) is 27.7 Å². The molecule has 108 valence electrons. The van der Waals surface area contributed by atoms with Gasteiger partial charge in [0.05, 0.1) is 0 Å². The SMILES string of the molecule is CCN(CC)S1(C=C(C)C)C=CC(c2ccccc2)=C1. The van der Waals surface area contributed by atoms with Crippen molar-refractivity contribution in [3.8, 4) is 0 Å². The van der Waals surface area contributed by atoms with Gasteiger partial charge in [0.1, 0.15) is 0 Å². The molecule has 1 aromatic carbocycles. The van der Waals surface area contributed by atoms with Crippen LogP contribution in [0.2, 0.25) is 0 Å². The first-order valence-corrected chi connectivity index (χ1v) is 9.08. The van der Waals surface area contributed by atoms with Gasteiger partial charge < -0.3 is 0 Å². The van der Waals surface area contributed by atoms with Gasteiger partial charge in [-0.05, 0) is 47.3 Å². The summed E-state index contributed by atoms with van der Waals surface area (Å²) in [5, 5.41) is 7.34. The highest BCUT2D eigenvalue weighted by Crippen LogP contribution is 2.61. The summed E-state index contributed by atoms with van der Waals surface area (Å²) in [6.07, 6.45) is 2.29. The molecule has 1 aliphatic heterocycles. The molecule has 1 aliphatic rings. The molecule has 0 radical (unpaired) electrons. The molecular weight excluding hydrogens is 262 g/mol. The van der Waals surface area contributed by atoms with Gasteiger partial charge in [-0.2, -0.15) is 0 Å². The summed E-state index contributed by atoms with van der Waals surface area (Å²) in [6.45, 7) is 11.1. The monoisotopic (exact) mass is 287 g/mol. The third-order valence-corrected chi connectivity index (χ3v) is 6.93. The summed E-state index contributed by atoms with van der Waals surface area (Å²) >= 11 is 0. The molecule has 0 saturated carbocycles. The Hall–Kier alpha value is -1.25. The summed E-state index contributed by atoms with van der Waals surface area (Å²) in [7, 11) is -1.07. The van der Waals surface area contributed by atoms with Crippen LogP contribution in [0.4, 0.5) is 0 Å². The largest absolute Gasteiger partial charge is 0.258 e. The Kier molecular flexibility index (Phi) is 4.90. The van der Waals surface area contributed by atoms with E-state index in [9.17, 15) is 0 Å². The minimum absolute atomic E-state index is 1.07. The van der Waals surface area contributed by atoms with E-state index < -0.39 is 10.2 Å². The Morgan fingerprint density at radius 2 is 1.75 bits per heavy atom. The summed E-state index contributed by atoms with van der Waals surface area (Å²) in [6, 6.07) is 10.7. The number of nitrogens with zero attached hydrogens (tertiary/aromatic N) is 1. The van der Waals surface area contributed by atoms with E-state index >= 15 is 0 Å². The molecule has 2 rings (SSSR count). The van der Waals surface area contributed by atoms with Crippen molar-refractivity contribution in [1.29, 1.82) is 0 Å². The Bertz CT molecular complexity index is 534. The third-order valence-electron chi connectivity index (χ3n) is 3.47. The number of hydrogen-bond donors (Lipinski definition) is 0. The number of hydrogen-bond acceptors (Lipinski definition) is 1. The van der Waals surface area contributed by atoms with Crippen molar-refractivity contribution in [2.75, 3.05) is 13.1 Å². The standard InChI is InChI=1S/C18H25NS/c1-5-19(6-2)20(14-16(3)4)13-12-18(15-20)17-10-8-7-9-11-17/h7-15H,5-6H2,1-4H3. The van der Waals surface area contributed by atoms with Gasteiger partial charge in [0.25, 0.3) is 0 Å². The third kappa shape index (κ3) is 3.08. The first kappa shape index (κ1) is 15.1. The fraction of sp³-hybridized carbons (Fsp3) is 0.333. The second-order valence-corrected chi connectivity index (χ2v) is 7.98. The van der Waals surface area contributed by atoms with Gasteiger partial charge in [-0.3, -0.25) is 4.31 Å². The van der Waals surface area contributed by atoms with E-state index in [-0.39, 0.29) is 0 Å². The molecule has 0 aliphatic carbocycles. The van der Waals surface area contributed by atoms with Gasteiger partial charge in [-0.25, -0.2) is 0 Å². The molecule has 0 aromatic heterocycles. The van der Waals surface area contributed by atoms with Gasteiger partial charge in [0.15, 0.2) is 0 Å². The molecule has 1 heterocycles. The van der Waals surface area contributed by atoms with Crippen LogP contribution in [0.15, 0.2) is 58.2 Å². The molecule has 1 nitrogen and oxygen atoms in total. The summed E-state index contributed by atoms with van der Waals surface area (Å²) in [5.41, 5.74) is 4.06. The van der Waals surface area contributed by atoms with Crippen molar-refractivity contribution < 1.29 is 0 Å². The predicted octanol–water partition coefficient (Wildman–Crippen LogP) is 5.54.